The van der Waals surface area contributed by atoms with Gasteiger partial charge in [-0.1, -0.05) is 23.7 Å². The molecule has 2 aromatic rings. The van der Waals surface area contributed by atoms with Crippen molar-refractivity contribution in [2.75, 3.05) is 39.5 Å². The second-order valence-electron chi connectivity index (χ2n) is 8.40. The number of hydrogen-bond acceptors (Lipinski definition) is 5. The SMILES string of the molecule is CC(C)(NCC(=O)N1CCN(Cc2c(F)cccc2Cl)CC1)c1ccc2c(c1)OCO2. The summed E-state index contributed by atoms with van der Waals surface area (Å²) < 4.78 is 24.9. The van der Waals surface area contributed by atoms with Crippen LogP contribution in [0.15, 0.2) is 36.4 Å². The number of amides is 1. The first kappa shape index (κ1) is 21.9. The Labute approximate surface area is 186 Å². The second kappa shape index (κ2) is 9.02. The lowest BCUT2D eigenvalue weighted by molar-refractivity contribution is -0.132. The number of hydrogen-bond donors (Lipinski definition) is 1. The summed E-state index contributed by atoms with van der Waals surface area (Å²) in [7, 11) is 0. The maximum absolute atomic E-state index is 14.0. The largest absolute Gasteiger partial charge is 0.454 e. The monoisotopic (exact) mass is 447 g/mol. The van der Waals surface area contributed by atoms with Crippen molar-refractivity contribution in [3.63, 3.8) is 0 Å². The molecule has 6 nitrogen and oxygen atoms in total. The Kier molecular flexibility index (Phi) is 6.36. The Morgan fingerprint density at radius 1 is 1.13 bits per heavy atom. The van der Waals surface area contributed by atoms with Crippen LogP contribution in [0.25, 0.3) is 0 Å². The first-order valence-electron chi connectivity index (χ1n) is 10.4. The molecule has 1 N–H and O–H groups in total. The predicted molar refractivity (Wildman–Crippen MR) is 117 cm³/mol. The molecule has 1 amide bonds. The predicted octanol–water partition coefficient (Wildman–Crippen LogP) is 3.38. The van der Waals surface area contributed by atoms with Gasteiger partial charge in [-0.25, -0.2) is 4.39 Å². The Hall–Kier alpha value is -2.35. The molecular formula is C23H27ClFN3O3. The van der Waals surface area contributed by atoms with E-state index in [1.54, 1.807) is 12.1 Å². The highest BCUT2D eigenvalue weighted by atomic mass is 35.5. The van der Waals surface area contributed by atoms with Crippen molar-refractivity contribution in [3.05, 3.63) is 58.4 Å². The summed E-state index contributed by atoms with van der Waals surface area (Å²) in [5.74, 6) is 1.23. The van der Waals surface area contributed by atoms with Gasteiger partial charge in [-0.05, 0) is 43.7 Å². The van der Waals surface area contributed by atoms with Gasteiger partial charge in [0, 0.05) is 48.8 Å². The molecule has 0 saturated carbocycles. The topological polar surface area (TPSA) is 54.0 Å². The third-order valence-electron chi connectivity index (χ3n) is 5.94. The van der Waals surface area contributed by atoms with Gasteiger partial charge in [0.25, 0.3) is 0 Å². The highest BCUT2D eigenvalue weighted by Crippen LogP contribution is 2.35. The van der Waals surface area contributed by atoms with Crippen LogP contribution < -0.4 is 14.8 Å². The van der Waals surface area contributed by atoms with Crippen molar-refractivity contribution in [1.82, 2.24) is 15.1 Å². The summed E-state index contributed by atoms with van der Waals surface area (Å²) in [5.41, 5.74) is 1.13. The number of carbonyl (C=O) groups is 1. The van der Waals surface area contributed by atoms with Gasteiger partial charge in [-0.3, -0.25) is 15.0 Å². The van der Waals surface area contributed by atoms with E-state index in [1.807, 2.05) is 36.9 Å². The zero-order valence-electron chi connectivity index (χ0n) is 17.8. The standard InChI is InChI=1S/C23H27ClFN3O3/c1-23(2,16-6-7-20-21(12-16)31-15-30-20)26-13-22(29)28-10-8-27(9-11-28)14-17-18(24)4-3-5-19(17)25/h3-7,12,26H,8-11,13-15H2,1-2H3. The molecule has 1 fully saturated rings. The molecule has 8 heteroatoms. The molecule has 1 saturated heterocycles. The average Bonchev–Trinajstić information content (AvgIpc) is 3.23. The average molecular weight is 448 g/mol. The van der Waals surface area contributed by atoms with Gasteiger partial charge in [0.15, 0.2) is 11.5 Å². The fraction of sp³-hybridized carbons (Fsp3) is 0.435. The maximum Gasteiger partial charge on any atom is 0.236 e. The van der Waals surface area contributed by atoms with Gasteiger partial charge in [0.1, 0.15) is 5.82 Å². The van der Waals surface area contributed by atoms with E-state index < -0.39 is 5.54 Å². The van der Waals surface area contributed by atoms with E-state index in [-0.39, 0.29) is 25.1 Å². The van der Waals surface area contributed by atoms with Crippen LogP contribution in [0.4, 0.5) is 4.39 Å². The van der Waals surface area contributed by atoms with E-state index in [2.05, 4.69) is 10.2 Å². The first-order valence-corrected chi connectivity index (χ1v) is 10.8. The van der Waals surface area contributed by atoms with Gasteiger partial charge in [0.2, 0.25) is 12.7 Å². The van der Waals surface area contributed by atoms with Crippen LogP contribution in [0.2, 0.25) is 5.02 Å². The van der Waals surface area contributed by atoms with Crippen LogP contribution in [0, 0.1) is 5.82 Å². The highest BCUT2D eigenvalue weighted by molar-refractivity contribution is 6.31. The number of rotatable bonds is 6. The van der Waals surface area contributed by atoms with E-state index >= 15 is 0 Å². The molecule has 2 aliphatic rings. The Balaban J connectivity index is 1.28. The van der Waals surface area contributed by atoms with E-state index in [1.165, 1.54) is 6.07 Å². The molecule has 0 spiro atoms. The number of benzene rings is 2. The molecule has 2 aliphatic heterocycles. The normalized spacial score (nSPS) is 16.6. The molecule has 166 valence electrons. The van der Waals surface area contributed by atoms with E-state index in [4.69, 9.17) is 21.1 Å². The van der Waals surface area contributed by atoms with Crippen molar-refractivity contribution in [1.29, 1.82) is 0 Å². The van der Waals surface area contributed by atoms with Gasteiger partial charge in [-0.2, -0.15) is 0 Å². The quantitative estimate of drug-likeness (QED) is 0.735. The minimum Gasteiger partial charge on any atom is -0.454 e. The van der Waals surface area contributed by atoms with Crippen LogP contribution >= 0.6 is 11.6 Å². The third-order valence-corrected chi connectivity index (χ3v) is 6.30. The molecule has 4 rings (SSSR count). The number of ether oxygens (including phenoxy) is 2. The van der Waals surface area contributed by atoms with Crippen molar-refractivity contribution in [2.45, 2.75) is 25.9 Å². The van der Waals surface area contributed by atoms with Gasteiger partial charge >= 0.3 is 0 Å². The molecule has 0 radical (unpaired) electrons. The Bertz CT molecular complexity index is 941. The van der Waals surface area contributed by atoms with Gasteiger partial charge in [-0.15, -0.1) is 0 Å². The molecule has 2 aromatic carbocycles. The smallest absolute Gasteiger partial charge is 0.236 e. The van der Waals surface area contributed by atoms with E-state index in [9.17, 15) is 9.18 Å². The van der Waals surface area contributed by atoms with Gasteiger partial charge < -0.3 is 14.4 Å². The van der Waals surface area contributed by atoms with Crippen molar-refractivity contribution in [3.8, 4) is 11.5 Å². The lowest BCUT2D eigenvalue weighted by Gasteiger charge is -2.36. The van der Waals surface area contributed by atoms with Crippen LogP contribution in [0.3, 0.4) is 0 Å². The number of piperazine rings is 1. The molecule has 0 aromatic heterocycles. The van der Waals surface area contributed by atoms with Crippen LogP contribution in [-0.4, -0.2) is 55.2 Å². The number of halogens is 2. The molecular weight excluding hydrogens is 421 g/mol. The molecule has 31 heavy (non-hydrogen) atoms. The summed E-state index contributed by atoms with van der Waals surface area (Å²) in [6.45, 7) is 7.57. The molecule has 0 unspecified atom stereocenters. The summed E-state index contributed by atoms with van der Waals surface area (Å²) >= 11 is 6.14. The summed E-state index contributed by atoms with van der Waals surface area (Å²) in [6.07, 6.45) is 0. The zero-order chi connectivity index (χ0) is 22.0. The summed E-state index contributed by atoms with van der Waals surface area (Å²) in [4.78, 5) is 16.7. The van der Waals surface area contributed by atoms with Crippen molar-refractivity contribution < 1.29 is 18.7 Å². The fourth-order valence-electron chi connectivity index (χ4n) is 3.86. The fourth-order valence-corrected chi connectivity index (χ4v) is 4.08. The minimum absolute atomic E-state index is 0.0531. The number of carbonyl (C=O) groups excluding carboxylic acids is 1. The van der Waals surface area contributed by atoms with Crippen LogP contribution in [0.1, 0.15) is 25.0 Å². The van der Waals surface area contributed by atoms with E-state index in [0.29, 0.717) is 43.3 Å². The lowest BCUT2D eigenvalue weighted by atomic mass is 9.94. The summed E-state index contributed by atoms with van der Waals surface area (Å²) in [6, 6.07) is 10.6. The number of fused-ring (bicyclic) bond motifs is 1. The number of nitrogens with one attached hydrogen (secondary N) is 1. The lowest BCUT2D eigenvalue weighted by Crippen LogP contribution is -2.52. The number of nitrogens with zero attached hydrogens (tertiary/aromatic N) is 2. The first-order chi connectivity index (χ1) is 14.8. The van der Waals surface area contributed by atoms with Gasteiger partial charge in [0.05, 0.1) is 6.54 Å². The molecule has 0 bridgehead atoms. The Morgan fingerprint density at radius 2 is 1.87 bits per heavy atom. The Morgan fingerprint density at radius 3 is 2.61 bits per heavy atom. The maximum atomic E-state index is 14.0. The zero-order valence-corrected chi connectivity index (χ0v) is 18.5. The van der Waals surface area contributed by atoms with Crippen LogP contribution in [-0.2, 0) is 16.9 Å². The second-order valence-corrected chi connectivity index (χ2v) is 8.81. The third kappa shape index (κ3) is 4.95. The van der Waals surface area contributed by atoms with Crippen molar-refractivity contribution in [2.24, 2.45) is 0 Å². The molecule has 2 heterocycles. The van der Waals surface area contributed by atoms with Crippen molar-refractivity contribution >= 4 is 17.5 Å². The summed E-state index contributed by atoms with van der Waals surface area (Å²) in [5, 5.41) is 3.80. The van der Waals surface area contributed by atoms with Crippen LogP contribution in [0.5, 0.6) is 11.5 Å². The molecule has 0 atom stereocenters. The minimum atomic E-state index is -0.403. The van der Waals surface area contributed by atoms with E-state index in [0.717, 1.165) is 17.1 Å². The molecule has 0 aliphatic carbocycles. The highest BCUT2D eigenvalue weighted by Gasteiger charge is 2.27.